The Morgan fingerprint density at radius 1 is 1.54 bits per heavy atom. The SMILES string of the molecule is [N-]=[N+]=NC(=O)CN1C[C@H](N)[C@@H](N)C1. The second kappa shape index (κ2) is 4.20. The molecule has 0 aromatic rings. The molecule has 7 nitrogen and oxygen atoms in total. The summed E-state index contributed by atoms with van der Waals surface area (Å²) in [6.07, 6.45) is 0. The van der Waals surface area contributed by atoms with Crippen LogP contribution in [0.25, 0.3) is 10.4 Å². The first-order valence-corrected chi connectivity index (χ1v) is 3.95. The van der Waals surface area contributed by atoms with E-state index in [9.17, 15) is 4.79 Å². The fourth-order valence-corrected chi connectivity index (χ4v) is 1.34. The molecule has 1 fully saturated rings. The number of hydrogen-bond acceptors (Lipinski definition) is 4. The van der Waals surface area contributed by atoms with Gasteiger partial charge in [0.15, 0.2) is 0 Å². The van der Waals surface area contributed by atoms with Crippen molar-refractivity contribution in [3.63, 3.8) is 0 Å². The Morgan fingerprint density at radius 2 is 2.08 bits per heavy atom. The molecule has 72 valence electrons. The van der Waals surface area contributed by atoms with Gasteiger partial charge in [0.1, 0.15) is 0 Å². The molecule has 0 aromatic carbocycles. The summed E-state index contributed by atoms with van der Waals surface area (Å²) in [6.45, 7) is 1.26. The molecule has 1 amide bonds. The van der Waals surface area contributed by atoms with E-state index in [4.69, 9.17) is 17.0 Å². The lowest BCUT2D eigenvalue weighted by Gasteiger charge is -2.11. The van der Waals surface area contributed by atoms with Gasteiger partial charge >= 0.3 is 0 Å². The van der Waals surface area contributed by atoms with Crippen LogP contribution in [-0.2, 0) is 4.79 Å². The van der Waals surface area contributed by atoms with Crippen molar-refractivity contribution in [1.29, 1.82) is 0 Å². The standard InChI is InChI=1S/C6H12N6O/c7-4-1-12(2-5(4)8)3-6(13)10-11-9/h4-5H,1-3,7-8H2/t4-,5-/m0/s1. The quantitative estimate of drug-likeness (QED) is 0.318. The average molecular weight is 184 g/mol. The summed E-state index contributed by atoms with van der Waals surface area (Å²) in [4.78, 5) is 15.1. The Balaban J connectivity index is 2.40. The van der Waals surface area contributed by atoms with Crippen LogP contribution in [0.15, 0.2) is 5.11 Å². The molecular formula is C6H12N6O. The molecule has 0 aliphatic carbocycles. The van der Waals surface area contributed by atoms with Crippen molar-refractivity contribution in [2.24, 2.45) is 16.6 Å². The van der Waals surface area contributed by atoms with Gasteiger partial charge in [0.2, 0.25) is 5.91 Å². The van der Waals surface area contributed by atoms with Crippen molar-refractivity contribution in [3.05, 3.63) is 10.4 Å². The van der Waals surface area contributed by atoms with Gasteiger partial charge < -0.3 is 11.5 Å². The van der Waals surface area contributed by atoms with Crippen LogP contribution in [0, 0.1) is 0 Å². The van der Waals surface area contributed by atoms with E-state index in [1.54, 1.807) is 4.90 Å². The Morgan fingerprint density at radius 3 is 2.54 bits per heavy atom. The fourth-order valence-electron chi connectivity index (χ4n) is 1.34. The van der Waals surface area contributed by atoms with Crippen LogP contribution in [0.1, 0.15) is 0 Å². The van der Waals surface area contributed by atoms with Crippen molar-refractivity contribution >= 4 is 5.91 Å². The third kappa shape index (κ3) is 2.67. The first-order chi connectivity index (χ1) is 6.13. The number of carbonyl (C=O) groups is 1. The van der Waals surface area contributed by atoms with E-state index in [1.165, 1.54) is 0 Å². The van der Waals surface area contributed by atoms with Crippen molar-refractivity contribution in [2.75, 3.05) is 19.6 Å². The zero-order chi connectivity index (χ0) is 9.84. The Labute approximate surface area is 75.3 Å². The molecular weight excluding hydrogens is 172 g/mol. The summed E-state index contributed by atoms with van der Waals surface area (Å²) in [7, 11) is 0. The first-order valence-electron chi connectivity index (χ1n) is 3.95. The van der Waals surface area contributed by atoms with Gasteiger partial charge in [-0.2, -0.15) is 0 Å². The Hall–Kier alpha value is -1.14. The summed E-state index contributed by atoms with van der Waals surface area (Å²) in [5.41, 5.74) is 19.3. The summed E-state index contributed by atoms with van der Waals surface area (Å²) >= 11 is 0. The summed E-state index contributed by atoms with van der Waals surface area (Å²) < 4.78 is 0. The second-order valence-corrected chi connectivity index (χ2v) is 3.10. The third-order valence-corrected chi connectivity index (χ3v) is 2.00. The van der Waals surface area contributed by atoms with E-state index in [0.29, 0.717) is 13.1 Å². The molecule has 1 aliphatic heterocycles. The highest BCUT2D eigenvalue weighted by molar-refractivity contribution is 5.78. The molecule has 13 heavy (non-hydrogen) atoms. The predicted octanol–water partition coefficient (Wildman–Crippen LogP) is -1.21. The normalized spacial score (nSPS) is 28.5. The largest absolute Gasteiger partial charge is 0.325 e. The van der Waals surface area contributed by atoms with Gasteiger partial charge in [-0.25, -0.2) is 0 Å². The van der Waals surface area contributed by atoms with Crippen LogP contribution in [0.3, 0.4) is 0 Å². The molecule has 0 saturated carbocycles. The maximum absolute atomic E-state index is 10.9. The van der Waals surface area contributed by atoms with E-state index in [0.717, 1.165) is 0 Å². The van der Waals surface area contributed by atoms with E-state index < -0.39 is 5.91 Å². The molecule has 4 N–H and O–H groups in total. The van der Waals surface area contributed by atoms with Gasteiger partial charge in [0.25, 0.3) is 0 Å². The zero-order valence-corrected chi connectivity index (χ0v) is 7.13. The minimum absolute atomic E-state index is 0.0983. The topological polar surface area (TPSA) is 121 Å². The van der Waals surface area contributed by atoms with E-state index in [1.807, 2.05) is 0 Å². The average Bonchev–Trinajstić information content (AvgIpc) is 2.31. The molecule has 0 aromatic heterocycles. The first kappa shape index (κ1) is 9.94. The van der Waals surface area contributed by atoms with Gasteiger partial charge in [0.05, 0.1) is 6.54 Å². The number of azide groups is 1. The van der Waals surface area contributed by atoms with Gasteiger partial charge in [-0.05, 0) is 10.6 Å². The van der Waals surface area contributed by atoms with Crippen LogP contribution in [0.2, 0.25) is 0 Å². The lowest BCUT2D eigenvalue weighted by Crippen LogP contribution is -2.39. The molecule has 1 heterocycles. The monoisotopic (exact) mass is 184 g/mol. The lowest BCUT2D eigenvalue weighted by molar-refractivity contribution is -0.118. The molecule has 1 rings (SSSR count). The Kier molecular flexibility index (Phi) is 3.21. The number of nitrogens with two attached hydrogens (primary N) is 2. The maximum atomic E-state index is 10.9. The van der Waals surface area contributed by atoms with Crippen molar-refractivity contribution in [3.8, 4) is 0 Å². The summed E-state index contributed by atoms with van der Waals surface area (Å²) in [5, 5.41) is 2.96. The molecule has 0 radical (unpaired) electrons. The van der Waals surface area contributed by atoms with E-state index in [-0.39, 0.29) is 18.6 Å². The minimum atomic E-state index is -0.496. The fraction of sp³-hybridized carbons (Fsp3) is 0.833. The van der Waals surface area contributed by atoms with E-state index >= 15 is 0 Å². The molecule has 1 saturated heterocycles. The molecule has 7 heteroatoms. The molecule has 0 spiro atoms. The molecule has 0 bridgehead atoms. The van der Waals surface area contributed by atoms with Crippen LogP contribution in [-0.4, -0.2) is 42.5 Å². The lowest BCUT2D eigenvalue weighted by atomic mass is 10.2. The number of hydrogen-bond donors (Lipinski definition) is 2. The van der Waals surface area contributed by atoms with Gasteiger partial charge in [0, 0.05) is 30.1 Å². The Bertz CT molecular complexity index is 238. The maximum Gasteiger partial charge on any atom is 0.232 e. The van der Waals surface area contributed by atoms with Crippen LogP contribution >= 0.6 is 0 Å². The molecule has 0 unspecified atom stereocenters. The van der Waals surface area contributed by atoms with Gasteiger partial charge in [-0.15, -0.1) is 0 Å². The van der Waals surface area contributed by atoms with Crippen molar-refractivity contribution in [1.82, 2.24) is 4.90 Å². The second-order valence-electron chi connectivity index (χ2n) is 3.10. The number of rotatable bonds is 2. The molecule has 2 atom stereocenters. The van der Waals surface area contributed by atoms with E-state index in [2.05, 4.69) is 10.0 Å². The van der Waals surface area contributed by atoms with Crippen molar-refractivity contribution < 1.29 is 4.79 Å². The molecule has 1 aliphatic rings. The number of amides is 1. The zero-order valence-electron chi connectivity index (χ0n) is 7.13. The van der Waals surface area contributed by atoms with Crippen LogP contribution in [0.5, 0.6) is 0 Å². The van der Waals surface area contributed by atoms with Crippen LogP contribution < -0.4 is 11.5 Å². The number of carbonyl (C=O) groups excluding carboxylic acids is 1. The van der Waals surface area contributed by atoms with Gasteiger partial charge in [-0.1, -0.05) is 0 Å². The predicted molar refractivity (Wildman–Crippen MR) is 46.5 cm³/mol. The highest BCUT2D eigenvalue weighted by Gasteiger charge is 2.27. The smallest absolute Gasteiger partial charge is 0.232 e. The number of nitrogens with zero attached hydrogens (tertiary/aromatic N) is 4. The summed E-state index contributed by atoms with van der Waals surface area (Å²) in [6, 6.07) is -0.197. The minimum Gasteiger partial charge on any atom is -0.325 e. The van der Waals surface area contributed by atoms with Crippen molar-refractivity contribution in [2.45, 2.75) is 12.1 Å². The highest BCUT2D eigenvalue weighted by Crippen LogP contribution is 2.05. The van der Waals surface area contributed by atoms with Gasteiger partial charge in [-0.3, -0.25) is 9.69 Å². The van der Waals surface area contributed by atoms with Crippen LogP contribution in [0.4, 0.5) is 0 Å². The highest BCUT2D eigenvalue weighted by atomic mass is 16.2. The number of likely N-dealkylation sites (tertiary alicyclic amines) is 1. The third-order valence-electron chi connectivity index (χ3n) is 2.00. The summed E-state index contributed by atoms with van der Waals surface area (Å²) in [5.74, 6) is -0.496.